The van der Waals surface area contributed by atoms with Gasteiger partial charge in [0.25, 0.3) is 0 Å². The van der Waals surface area contributed by atoms with Crippen molar-refractivity contribution in [2.45, 2.75) is 45.4 Å². The van der Waals surface area contributed by atoms with Crippen LogP contribution in [0.25, 0.3) is 0 Å². The average Bonchev–Trinajstić information content (AvgIpc) is 2.56. The van der Waals surface area contributed by atoms with E-state index >= 15 is 0 Å². The Kier molecular flexibility index (Phi) is 4.82. The van der Waals surface area contributed by atoms with E-state index in [0.29, 0.717) is 11.5 Å². The number of hydrogen-bond acceptors (Lipinski definition) is 0. The fraction of sp³-hybridized carbons (Fsp3) is 0.364. The molecule has 0 aliphatic heterocycles. The van der Waals surface area contributed by atoms with E-state index in [9.17, 15) is 4.39 Å². The quantitative estimate of drug-likeness (QED) is 0.582. The average molecular weight is 306 g/mol. The Bertz CT molecular complexity index is 723. The van der Waals surface area contributed by atoms with Crippen molar-refractivity contribution in [2.75, 3.05) is 0 Å². The molecule has 23 heavy (non-hydrogen) atoms. The Morgan fingerprint density at radius 2 is 1.61 bits per heavy atom. The summed E-state index contributed by atoms with van der Waals surface area (Å²) in [5.74, 6) is 7.14. The molecule has 0 saturated heterocycles. The maximum atomic E-state index is 14.3. The smallest absolute Gasteiger partial charge is 0.139 e. The Hall–Kier alpha value is -2.07. The van der Waals surface area contributed by atoms with Gasteiger partial charge >= 0.3 is 0 Å². The molecule has 1 aliphatic rings. The lowest BCUT2D eigenvalue weighted by molar-refractivity contribution is 0.347. The van der Waals surface area contributed by atoms with E-state index in [-0.39, 0.29) is 5.82 Å². The number of hydrogen-bond donors (Lipinski definition) is 0. The predicted octanol–water partition coefficient (Wildman–Crippen LogP) is 5.83. The van der Waals surface area contributed by atoms with Crippen LogP contribution in [0.4, 0.5) is 4.39 Å². The van der Waals surface area contributed by atoms with Crippen LogP contribution < -0.4 is 0 Å². The van der Waals surface area contributed by atoms with Gasteiger partial charge < -0.3 is 0 Å². The first-order valence-corrected chi connectivity index (χ1v) is 8.50. The van der Waals surface area contributed by atoms with Crippen molar-refractivity contribution in [2.24, 2.45) is 5.92 Å². The molecule has 2 aromatic rings. The molecule has 0 nitrogen and oxygen atoms in total. The normalized spacial score (nSPS) is 20.7. The number of aryl methyl sites for hydroxylation is 1. The summed E-state index contributed by atoms with van der Waals surface area (Å²) in [5.41, 5.74) is 3.74. The first kappa shape index (κ1) is 15.8. The van der Waals surface area contributed by atoms with Gasteiger partial charge in [0.15, 0.2) is 0 Å². The number of benzene rings is 2. The lowest BCUT2D eigenvalue weighted by atomic mass is 9.79. The van der Waals surface area contributed by atoms with Gasteiger partial charge in [-0.05, 0) is 61.4 Å². The van der Waals surface area contributed by atoms with Gasteiger partial charge in [-0.3, -0.25) is 0 Å². The highest BCUT2D eigenvalue weighted by atomic mass is 19.1. The van der Waals surface area contributed by atoms with E-state index in [1.165, 1.54) is 31.2 Å². The third-order valence-corrected chi connectivity index (χ3v) is 4.87. The van der Waals surface area contributed by atoms with Crippen LogP contribution in [0.5, 0.6) is 0 Å². The molecule has 2 aromatic carbocycles. The topological polar surface area (TPSA) is 0 Å². The van der Waals surface area contributed by atoms with Crippen LogP contribution in [0.3, 0.4) is 0 Å². The molecule has 0 heterocycles. The molecule has 0 amide bonds. The lowest BCUT2D eigenvalue weighted by Crippen LogP contribution is -2.11. The van der Waals surface area contributed by atoms with E-state index in [4.69, 9.17) is 0 Å². The van der Waals surface area contributed by atoms with Crippen molar-refractivity contribution >= 4 is 0 Å². The second-order valence-electron chi connectivity index (χ2n) is 6.81. The Morgan fingerprint density at radius 3 is 2.26 bits per heavy atom. The minimum Gasteiger partial charge on any atom is -0.206 e. The van der Waals surface area contributed by atoms with E-state index in [0.717, 1.165) is 17.0 Å². The molecule has 1 saturated carbocycles. The number of halogens is 1. The maximum absolute atomic E-state index is 14.3. The molecular formula is C22H23F. The minimum atomic E-state index is -0.194. The van der Waals surface area contributed by atoms with Crippen molar-refractivity contribution in [1.29, 1.82) is 0 Å². The number of rotatable bonds is 1. The summed E-state index contributed by atoms with van der Waals surface area (Å²) < 4.78 is 14.3. The third kappa shape index (κ3) is 4.02. The van der Waals surface area contributed by atoms with Gasteiger partial charge in [-0.1, -0.05) is 55.4 Å². The Balaban J connectivity index is 1.76. The molecule has 1 fully saturated rings. The standard InChI is InChI=1S/C22H23F/c1-16-3-7-18(8-4-16)9-12-20-13-14-21(15-22(20)23)19-10-5-17(2)6-11-19/h3-4,7-8,13-15,17,19H,5-6,10-11H2,1-2H3. The molecule has 118 valence electrons. The molecule has 1 heteroatoms. The highest BCUT2D eigenvalue weighted by Gasteiger charge is 2.20. The van der Waals surface area contributed by atoms with Crippen molar-refractivity contribution in [3.05, 3.63) is 70.5 Å². The second kappa shape index (κ2) is 7.01. The largest absolute Gasteiger partial charge is 0.206 e. The highest BCUT2D eigenvalue weighted by Crippen LogP contribution is 2.35. The van der Waals surface area contributed by atoms with E-state index in [2.05, 4.69) is 24.8 Å². The van der Waals surface area contributed by atoms with E-state index in [1.54, 1.807) is 6.07 Å². The monoisotopic (exact) mass is 306 g/mol. The maximum Gasteiger partial charge on any atom is 0.139 e. The van der Waals surface area contributed by atoms with Crippen molar-refractivity contribution < 1.29 is 4.39 Å². The molecular weight excluding hydrogens is 283 g/mol. The summed E-state index contributed by atoms with van der Waals surface area (Å²) in [6, 6.07) is 13.6. The van der Waals surface area contributed by atoms with E-state index < -0.39 is 0 Å². The van der Waals surface area contributed by atoms with Gasteiger partial charge in [0, 0.05) is 5.56 Å². The van der Waals surface area contributed by atoms with Crippen molar-refractivity contribution in [3.8, 4) is 11.8 Å². The molecule has 0 aromatic heterocycles. The van der Waals surface area contributed by atoms with Crippen molar-refractivity contribution in [1.82, 2.24) is 0 Å². The summed E-state index contributed by atoms with van der Waals surface area (Å²) in [7, 11) is 0. The van der Waals surface area contributed by atoms with E-state index in [1.807, 2.05) is 37.3 Å². The van der Waals surface area contributed by atoms with Gasteiger partial charge in [-0.2, -0.15) is 0 Å². The molecule has 0 bridgehead atoms. The SMILES string of the molecule is Cc1ccc(C#Cc2ccc(C3CCC(C)CC3)cc2F)cc1. The summed E-state index contributed by atoms with van der Waals surface area (Å²) in [5, 5.41) is 0. The van der Waals surface area contributed by atoms with Crippen LogP contribution in [0.2, 0.25) is 0 Å². The third-order valence-electron chi connectivity index (χ3n) is 4.87. The highest BCUT2D eigenvalue weighted by molar-refractivity contribution is 5.45. The van der Waals surface area contributed by atoms with Crippen LogP contribution in [0.15, 0.2) is 42.5 Å². The van der Waals surface area contributed by atoms with Crippen LogP contribution in [-0.4, -0.2) is 0 Å². The van der Waals surface area contributed by atoms with Crippen LogP contribution >= 0.6 is 0 Å². The van der Waals surface area contributed by atoms with Crippen LogP contribution in [0.1, 0.15) is 60.8 Å². The zero-order valence-electron chi connectivity index (χ0n) is 13.9. The fourth-order valence-electron chi connectivity index (χ4n) is 3.26. The molecule has 0 radical (unpaired) electrons. The lowest BCUT2D eigenvalue weighted by Gasteiger charge is -2.26. The second-order valence-corrected chi connectivity index (χ2v) is 6.81. The predicted molar refractivity (Wildman–Crippen MR) is 93.9 cm³/mol. The first-order valence-electron chi connectivity index (χ1n) is 8.50. The molecule has 0 N–H and O–H groups in total. The van der Waals surface area contributed by atoms with Gasteiger partial charge in [0.2, 0.25) is 0 Å². The summed E-state index contributed by atoms with van der Waals surface area (Å²) >= 11 is 0. The van der Waals surface area contributed by atoms with Crippen LogP contribution in [-0.2, 0) is 0 Å². The van der Waals surface area contributed by atoms with Gasteiger partial charge in [-0.25, -0.2) is 4.39 Å². The zero-order chi connectivity index (χ0) is 16.2. The molecule has 0 atom stereocenters. The Labute approximate surface area is 138 Å². The first-order chi connectivity index (χ1) is 11.1. The minimum absolute atomic E-state index is 0.194. The molecule has 1 aliphatic carbocycles. The Morgan fingerprint density at radius 1 is 0.913 bits per heavy atom. The van der Waals surface area contributed by atoms with Gasteiger partial charge in [-0.15, -0.1) is 0 Å². The zero-order valence-corrected chi connectivity index (χ0v) is 13.9. The van der Waals surface area contributed by atoms with Crippen molar-refractivity contribution in [3.63, 3.8) is 0 Å². The molecule has 0 unspecified atom stereocenters. The fourth-order valence-corrected chi connectivity index (χ4v) is 3.26. The summed E-state index contributed by atoms with van der Waals surface area (Å²) in [4.78, 5) is 0. The van der Waals surface area contributed by atoms with Gasteiger partial charge in [0.05, 0.1) is 5.56 Å². The van der Waals surface area contributed by atoms with Crippen LogP contribution in [0, 0.1) is 30.5 Å². The molecule has 3 rings (SSSR count). The van der Waals surface area contributed by atoms with Gasteiger partial charge in [0.1, 0.15) is 5.82 Å². The molecule has 0 spiro atoms. The summed E-state index contributed by atoms with van der Waals surface area (Å²) in [6.45, 7) is 4.35. The summed E-state index contributed by atoms with van der Waals surface area (Å²) in [6.07, 6.45) is 4.85.